The molecule has 0 radical (unpaired) electrons. The number of benzene rings is 1. The van der Waals surface area contributed by atoms with E-state index in [-0.39, 0.29) is 23.4 Å². The summed E-state index contributed by atoms with van der Waals surface area (Å²) in [6.45, 7) is 0.843. The second kappa shape index (κ2) is 4.80. The van der Waals surface area contributed by atoms with Crippen LogP contribution in [0.3, 0.4) is 0 Å². The standard InChI is InChI=1S/C17H21FN2O/c18-14-7-5-13(6-8-14)15-19-17(9-1-2-10-17)16(21)20(15)11-12-3-4-12/h5-8,12,15,19H,1-4,9-11H2. The third-order valence-corrected chi connectivity index (χ3v) is 5.19. The second-order valence-corrected chi connectivity index (χ2v) is 6.79. The minimum atomic E-state index is -0.353. The van der Waals surface area contributed by atoms with Crippen molar-refractivity contribution in [3.63, 3.8) is 0 Å². The van der Waals surface area contributed by atoms with E-state index in [2.05, 4.69) is 5.32 Å². The van der Waals surface area contributed by atoms with Crippen LogP contribution in [0.5, 0.6) is 0 Å². The topological polar surface area (TPSA) is 32.3 Å². The maximum absolute atomic E-state index is 13.2. The van der Waals surface area contributed by atoms with E-state index in [1.54, 1.807) is 12.1 Å². The van der Waals surface area contributed by atoms with Crippen LogP contribution in [0.25, 0.3) is 0 Å². The molecule has 0 aromatic heterocycles. The zero-order chi connectivity index (χ0) is 14.4. The average molecular weight is 288 g/mol. The normalized spacial score (nSPS) is 27.8. The molecule has 4 heteroatoms. The average Bonchev–Trinajstić information content (AvgIpc) is 3.12. The summed E-state index contributed by atoms with van der Waals surface area (Å²) in [5, 5.41) is 3.59. The molecule has 2 aliphatic carbocycles. The Labute approximate surface area is 124 Å². The number of hydrogen-bond acceptors (Lipinski definition) is 2. The van der Waals surface area contributed by atoms with E-state index >= 15 is 0 Å². The zero-order valence-corrected chi connectivity index (χ0v) is 12.1. The first-order valence-corrected chi connectivity index (χ1v) is 8.02. The maximum Gasteiger partial charge on any atom is 0.244 e. The van der Waals surface area contributed by atoms with E-state index in [1.165, 1.54) is 25.0 Å². The number of amides is 1. The van der Waals surface area contributed by atoms with Crippen LogP contribution in [0.4, 0.5) is 4.39 Å². The molecule has 1 N–H and O–H groups in total. The van der Waals surface area contributed by atoms with Crippen molar-refractivity contribution in [1.82, 2.24) is 10.2 Å². The van der Waals surface area contributed by atoms with E-state index in [9.17, 15) is 9.18 Å². The van der Waals surface area contributed by atoms with Crippen LogP contribution in [-0.4, -0.2) is 22.9 Å². The summed E-state index contributed by atoms with van der Waals surface area (Å²) >= 11 is 0. The first kappa shape index (κ1) is 13.3. The summed E-state index contributed by atoms with van der Waals surface area (Å²) in [5.74, 6) is 0.698. The summed E-state index contributed by atoms with van der Waals surface area (Å²) < 4.78 is 13.2. The van der Waals surface area contributed by atoms with Gasteiger partial charge in [-0.05, 0) is 49.3 Å². The minimum absolute atomic E-state index is 0.0863. The lowest BCUT2D eigenvalue weighted by Gasteiger charge is -2.24. The lowest BCUT2D eigenvalue weighted by atomic mass is 9.98. The second-order valence-electron chi connectivity index (χ2n) is 6.79. The van der Waals surface area contributed by atoms with Crippen LogP contribution in [0, 0.1) is 11.7 Å². The highest BCUT2D eigenvalue weighted by Crippen LogP contribution is 2.43. The van der Waals surface area contributed by atoms with E-state index in [1.807, 2.05) is 4.90 Å². The number of nitrogens with zero attached hydrogens (tertiary/aromatic N) is 1. The summed E-state index contributed by atoms with van der Waals surface area (Å²) in [5.41, 5.74) is 0.641. The molecular weight excluding hydrogens is 267 g/mol. The lowest BCUT2D eigenvalue weighted by Crippen LogP contribution is -2.44. The van der Waals surface area contributed by atoms with E-state index < -0.39 is 0 Å². The summed E-state index contributed by atoms with van der Waals surface area (Å²) in [7, 11) is 0. The predicted molar refractivity (Wildman–Crippen MR) is 77.9 cm³/mol. The highest BCUT2D eigenvalue weighted by atomic mass is 19.1. The Morgan fingerprint density at radius 1 is 1.19 bits per heavy atom. The van der Waals surface area contributed by atoms with Crippen molar-refractivity contribution in [3.8, 4) is 0 Å². The van der Waals surface area contributed by atoms with Crippen LogP contribution in [0.15, 0.2) is 24.3 Å². The van der Waals surface area contributed by atoms with Crippen LogP contribution < -0.4 is 5.32 Å². The Kier molecular flexibility index (Phi) is 3.03. The fraction of sp³-hybridized carbons (Fsp3) is 0.588. The first-order chi connectivity index (χ1) is 10.2. The van der Waals surface area contributed by atoms with Crippen molar-refractivity contribution >= 4 is 5.91 Å². The SMILES string of the molecule is O=C1N(CC2CC2)C(c2ccc(F)cc2)NC12CCCC2. The number of halogens is 1. The largest absolute Gasteiger partial charge is 0.321 e. The van der Waals surface area contributed by atoms with Crippen molar-refractivity contribution < 1.29 is 9.18 Å². The summed E-state index contributed by atoms with van der Waals surface area (Å²) in [6.07, 6.45) is 6.48. The van der Waals surface area contributed by atoms with Gasteiger partial charge in [-0.2, -0.15) is 0 Å². The number of carbonyl (C=O) groups excluding carboxylic acids is 1. The van der Waals surface area contributed by atoms with Gasteiger partial charge in [0, 0.05) is 6.54 Å². The van der Waals surface area contributed by atoms with Gasteiger partial charge in [-0.3, -0.25) is 10.1 Å². The molecule has 1 saturated heterocycles. The summed E-state index contributed by atoms with van der Waals surface area (Å²) in [4.78, 5) is 14.9. The molecule has 21 heavy (non-hydrogen) atoms. The quantitative estimate of drug-likeness (QED) is 0.927. The van der Waals surface area contributed by atoms with Gasteiger partial charge in [-0.1, -0.05) is 25.0 Å². The third-order valence-electron chi connectivity index (χ3n) is 5.19. The number of carbonyl (C=O) groups is 1. The molecule has 0 bridgehead atoms. The molecular formula is C17H21FN2O. The smallest absolute Gasteiger partial charge is 0.244 e. The zero-order valence-electron chi connectivity index (χ0n) is 12.1. The Morgan fingerprint density at radius 2 is 1.86 bits per heavy atom. The monoisotopic (exact) mass is 288 g/mol. The van der Waals surface area contributed by atoms with E-state index in [4.69, 9.17) is 0 Å². The molecule has 1 spiro atoms. The van der Waals surface area contributed by atoms with Gasteiger partial charge < -0.3 is 4.90 Å². The molecule has 1 heterocycles. The van der Waals surface area contributed by atoms with Gasteiger partial charge in [-0.25, -0.2) is 4.39 Å². The third kappa shape index (κ3) is 2.26. The van der Waals surface area contributed by atoms with Gasteiger partial charge in [0.05, 0.1) is 5.54 Å². The Morgan fingerprint density at radius 3 is 2.48 bits per heavy atom. The van der Waals surface area contributed by atoms with E-state index in [0.717, 1.165) is 37.8 Å². The van der Waals surface area contributed by atoms with Gasteiger partial charge in [0.2, 0.25) is 5.91 Å². The molecule has 1 unspecified atom stereocenters. The predicted octanol–water partition coefficient (Wildman–Crippen LogP) is 2.98. The van der Waals surface area contributed by atoms with Crippen molar-refractivity contribution in [2.24, 2.45) is 5.92 Å². The molecule has 3 nitrogen and oxygen atoms in total. The van der Waals surface area contributed by atoms with E-state index in [0.29, 0.717) is 5.92 Å². The first-order valence-electron chi connectivity index (χ1n) is 8.02. The Balaban J connectivity index is 1.65. The van der Waals surface area contributed by atoms with Crippen molar-refractivity contribution in [2.45, 2.75) is 50.2 Å². The van der Waals surface area contributed by atoms with Crippen molar-refractivity contribution in [2.75, 3.05) is 6.54 Å². The maximum atomic E-state index is 13.2. The van der Waals surface area contributed by atoms with Crippen molar-refractivity contribution in [1.29, 1.82) is 0 Å². The molecule has 2 saturated carbocycles. The van der Waals surface area contributed by atoms with Gasteiger partial charge in [-0.15, -0.1) is 0 Å². The van der Waals surface area contributed by atoms with Gasteiger partial charge in [0.25, 0.3) is 0 Å². The molecule has 3 fully saturated rings. The minimum Gasteiger partial charge on any atom is -0.321 e. The lowest BCUT2D eigenvalue weighted by molar-refractivity contribution is -0.133. The van der Waals surface area contributed by atoms with Crippen LogP contribution in [0.2, 0.25) is 0 Å². The van der Waals surface area contributed by atoms with Gasteiger partial charge in [0.1, 0.15) is 12.0 Å². The van der Waals surface area contributed by atoms with Crippen LogP contribution in [-0.2, 0) is 4.79 Å². The van der Waals surface area contributed by atoms with Crippen LogP contribution in [0.1, 0.15) is 50.3 Å². The van der Waals surface area contributed by atoms with Gasteiger partial charge in [0.15, 0.2) is 0 Å². The fourth-order valence-corrected chi connectivity index (χ4v) is 3.81. The molecule has 112 valence electrons. The molecule has 1 aromatic carbocycles. The molecule has 4 rings (SSSR count). The van der Waals surface area contributed by atoms with Crippen molar-refractivity contribution in [3.05, 3.63) is 35.6 Å². The highest BCUT2D eigenvalue weighted by molar-refractivity contribution is 5.89. The number of hydrogen-bond donors (Lipinski definition) is 1. The number of rotatable bonds is 3. The number of nitrogens with one attached hydrogen (secondary N) is 1. The highest BCUT2D eigenvalue weighted by Gasteiger charge is 2.53. The van der Waals surface area contributed by atoms with Gasteiger partial charge >= 0.3 is 0 Å². The molecule has 1 aliphatic heterocycles. The molecule has 1 amide bonds. The molecule has 1 atom stereocenters. The Hall–Kier alpha value is -1.42. The Bertz CT molecular complexity index is 546. The summed E-state index contributed by atoms with van der Waals surface area (Å²) in [6, 6.07) is 6.56. The molecule has 1 aromatic rings. The van der Waals surface area contributed by atoms with Crippen LogP contribution >= 0.6 is 0 Å². The molecule has 3 aliphatic rings. The fourth-order valence-electron chi connectivity index (χ4n) is 3.81.